The van der Waals surface area contributed by atoms with Crippen LogP contribution in [0.5, 0.6) is 0 Å². The molecule has 0 radical (unpaired) electrons. The summed E-state index contributed by atoms with van der Waals surface area (Å²) in [6.07, 6.45) is 0.376. The summed E-state index contributed by atoms with van der Waals surface area (Å²) in [4.78, 5) is 2.82. The molecule has 0 aromatic heterocycles. The van der Waals surface area contributed by atoms with Gasteiger partial charge in [0.15, 0.2) is 0 Å². The van der Waals surface area contributed by atoms with Gasteiger partial charge in [0.25, 0.3) is 0 Å². The number of azide groups is 1. The highest BCUT2D eigenvalue weighted by Gasteiger charge is 2.65. The molecule has 2 aliphatic rings. The van der Waals surface area contributed by atoms with Gasteiger partial charge in [-0.1, -0.05) is 19.0 Å². The third kappa shape index (κ3) is 0.740. The maximum absolute atomic E-state index is 9.63. The Morgan fingerprint density at radius 3 is 2.83 bits per heavy atom. The largest absolute Gasteiger partial charge is 0.392 e. The molecule has 4 heteroatoms. The van der Waals surface area contributed by atoms with Crippen LogP contribution in [0.1, 0.15) is 20.3 Å². The molecule has 5 atom stereocenters. The molecule has 0 heterocycles. The van der Waals surface area contributed by atoms with Crippen molar-refractivity contribution in [2.75, 3.05) is 0 Å². The van der Waals surface area contributed by atoms with E-state index in [-0.39, 0.29) is 0 Å². The molecule has 2 aliphatic carbocycles. The van der Waals surface area contributed by atoms with Crippen molar-refractivity contribution in [3.05, 3.63) is 10.4 Å². The summed E-state index contributed by atoms with van der Waals surface area (Å²) < 4.78 is 0. The lowest BCUT2D eigenvalue weighted by Gasteiger charge is -2.25. The molecule has 4 nitrogen and oxygen atoms in total. The molecule has 2 fully saturated rings. The van der Waals surface area contributed by atoms with Crippen molar-refractivity contribution < 1.29 is 5.11 Å². The molecule has 0 amide bonds. The molecule has 0 aromatic rings. The second-order valence-electron chi connectivity index (χ2n) is 4.22. The Hall–Kier alpha value is -0.730. The number of hydrogen-bond acceptors (Lipinski definition) is 2. The molecule has 0 aliphatic heterocycles. The lowest BCUT2D eigenvalue weighted by molar-refractivity contribution is 0.0936. The average molecular weight is 167 g/mol. The zero-order valence-electron chi connectivity index (χ0n) is 7.31. The Balaban J connectivity index is 2.28. The lowest BCUT2D eigenvalue weighted by Crippen LogP contribution is -2.36. The van der Waals surface area contributed by atoms with Gasteiger partial charge in [-0.05, 0) is 29.7 Å². The van der Waals surface area contributed by atoms with Crippen LogP contribution in [-0.2, 0) is 0 Å². The summed E-state index contributed by atoms with van der Waals surface area (Å²) in [7, 11) is 0. The fourth-order valence-corrected chi connectivity index (χ4v) is 2.82. The second-order valence-corrected chi connectivity index (χ2v) is 4.22. The van der Waals surface area contributed by atoms with Gasteiger partial charge in [0.1, 0.15) is 0 Å². The van der Waals surface area contributed by atoms with E-state index in [1.807, 2.05) is 6.92 Å². The highest BCUT2D eigenvalue weighted by atomic mass is 16.3. The smallest absolute Gasteiger partial charge is 0.0752 e. The van der Waals surface area contributed by atoms with Crippen molar-refractivity contribution in [3.63, 3.8) is 0 Å². The summed E-state index contributed by atoms with van der Waals surface area (Å²) in [5, 5.41) is 13.4. The average Bonchev–Trinajstić information content (AvgIpc) is 2.53. The van der Waals surface area contributed by atoms with E-state index in [1.54, 1.807) is 0 Å². The Morgan fingerprint density at radius 1 is 1.67 bits per heavy atom. The molecule has 0 aromatic carbocycles. The first-order valence-electron chi connectivity index (χ1n) is 4.35. The van der Waals surface area contributed by atoms with Crippen LogP contribution >= 0.6 is 0 Å². The quantitative estimate of drug-likeness (QED) is 0.360. The molecule has 12 heavy (non-hydrogen) atoms. The van der Waals surface area contributed by atoms with Crippen molar-refractivity contribution in [1.82, 2.24) is 0 Å². The first-order chi connectivity index (χ1) is 5.61. The topological polar surface area (TPSA) is 69.0 Å². The van der Waals surface area contributed by atoms with Crippen molar-refractivity contribution in [3.8, 4) is 0 Å². The molecule has 0 saturated heterocycles. The third-order valence-corrected chi connectivity index (χ3v) is 3.67. The molecule has 0 spiro atoms. The zero-order chi connectivity index (χ0) is 8.93. The molecule has 2 saturated carbocycles. The Bertz CT molecular complexity index is 261. The monoisotopic (exact) mass is 167 g/mol. The van der Waals surface area contributed by atoms with Crippen molar-refractivity contribution in [2.45, 2.75) is 31.9 Å². The number of fused-ring (bicyclic) bond motifs is 1. The van der Waals surface area contributed by atoms with Crippen LogP contribution in [0.2, 0.25) is 0 Å². The van der Waals surface area contributed by atoms with Gasteiger partial charge in [-0.25, -0.2) is 0 Å². The van der Waals surface area contributed by atoms with Gasteiger partial charge in [0, 0.05) is 4.91 Å². The predicted molar refractivity (Wildman–Crippen MR) is 44.3 cm³/mol. The van der Waals surface area contributed by atoms with Crippen molar-refractivity contribution in [1.29, 1.82) is 0 Å². The molecule has 1 N–H and O–H groups in total. The minimum absolute atomic E-state index is 0.420. The Labute approximate surface area is 71.2 Å². The van der Waals surface area contributed by atoms with Gasteiger partial charge in [0.2, 0.25) is 0 Å². The van der Waals surface area contributed by atoms with Gasteiger partial charge < -0.3 is 5.11 Å². The van der Waals surface area contributed by atoms with E-state index in [2.05, 4.69) is 16.9 Å². The fourth-order valence-electron chi connectivity index (χ4n) is 2.82. The summed E-state index contributed by atoms with van der Waals surface area (Å²) in [6, 6.07) is 0. The number of hydrogen-bond donors (Lipinski definition) is 1. The van der Waals surface area contributed by atoms with Gasteiger partial charge in [-0.2, -0.15) is 0 Å². The molecule has 0 bridgehead atoms. The standard InChI is InChI=1S/C8H13N3O/c1-4-5-3-6(12)8(2,7(4)5)10-11-9/h4-7,12H,3H2,1-2H3/t4-,5?,6?,7?,8?/m0/s1. The van der Waals surface area contributed by atoms with E-state index in [0.29, 0.717) is 17.8 Å². The third-order valence-electron chi connectivity index (χ3n) is 3.67. The van der Waals surface area contributed by atoms with Crippen LogP contribution in [-0.4, -0.2) is 16.7 Å². The van der Waals surface area contributed by atoms with Gasteiger partial charge >= 0.3 is 0 Å². The van der Waals surface area contributed by atoms with E-state index in [4.69, 9.17) is 5.53 Å². The highest BCUT2D eigenvalue weighted by molar-refractivity contribution is 5.18. The van der Waals surface area contributed by atoms with Crippen LogP contribution in [0.3, 0.4) is 0 Å². The van der Waals surface area contributed by atoms with Gasteiger partial charge in [0.05, 0.1) is 11.6 Å². The maximum Gasteiger partial charge on any atom is 0.0752 e. The molecular weight excluding hydrogens is 154 g/mol. The van der Waals surface area contributed by atoms with Crippen molar-refractivity contribution >= 4 is 0 Å². The van der Waals surface area contributed by atoms with E-state index < -0.39 is 11.6 Å². The lowest BCUT2D eigenvalue weighted by atomic mass is 9.91. The second kappa shape index (κ2) is 2.15. The van der Waals surface area contributed by atoms with Crippen LogP contribution in [0.15, 0.2) is 5.11 Å². The van der Waals surface area contributed by atoms with Crippen LogP contribution in [0.25, 0.3) is 10.4 Å². The summed E-state index contributed by atoms with van der Waals surface area (Å²) in [5.74, 6) is 1.64. The minimum atomic E-state index is -0.529. The van der Waals surface area contributed by atoms with E-state index in [9.17, 15) is 5.11 Å². The van der Waals surface area contributed by atoms with E-state index in [1.165, 1.54) is 0 Å². The normalized spacial score (nSPS) is 55.9. The summed E-state index contributed by atoms with van der Waals surface area (Å²) in [6.45, 7) is 4.03. The first kappa shape index (κ1) is 7.90. The number of rotatable bonds is 1. The van der Waals surface area contributed by atoms with Gasteiger partial charge in [-0.15, -0.1) is 0 Å². The minimum Gasteiger partial charge on any atom is -0.392 e. The zero-order valence-corrected chi connectivity index (χ0v) is 7.31. The molecule has 2 rings (SSSR count). The number of aliphatic hydroxyl groups excluding tert-OH is 1. The maximum atomic E-state index is 9.63. The predicted octanol–water partition coefficient (Wildman–Crippen LogP) is 1.70. The van der Waals surface area contributed by atoms with E-state index >= 15 is 0 Å². The van der Waals surface area contributed by atoms with Crippen LogP contribution in [0, 0.1) is 17.8 Å². The molecule has 4 unspecified atom stereocenters. The number of aliphatic hydroxyl groups is 1. The van der Waals surface area contributed by atoms with Crippen LogP contribution in [0.4, 0.5) is 0 Å². The Morgan fingerprint density at radius 2 is 2.33 bits per heavy atom. The Kier molecular flexibility index (Phi) is 1.41. The molecule has 66 valence electrons. The highest BCUT2D eigenvalue weighted by Crippen LogP contribution is 2.63. The van der Waals surface area contributed by atoms with Gasteiger partial charge in [-0.3, -0.25) is 0 Å². The molecular formula is C8H13N3O. The summed E-state index contributed by atoms with van der Waals surface area (Å²) >= 11 is 0. The SMILES string of the molecule is C[C@H]1C2CC(O)C(C)(N=[N+]=[N-])C21. The van der Waals surface area contributed by atoms with Crippen molar-refractivity contribution in [2.24, 2.45) is 22.9 Å². The number of nitrogens with zero attached hydrogens (tertiary/aromatic N) is 3. The fraction of sp³-hybridized carbons (Fsp3) is 1.00. The van der Waals surface area contributed by atoms with Crippen LogP contribution < -0.4 is 0 Å². The van der Waals surface area contributed by atoms with E-state index in [0.717, 1.165) is 6.42 Å². The summed E-state index contributed by atoms with van der Waals surface area (Å²) in [5.41, 5.74) is 7.85. The first-order valence-corrected chi connectivity index (χ1v) is 4.35.